The average molecular weight is 514 g/mol. The SMILES string of the molecule is COc1cccc(OCCn2cc(/C=C3/C(=N)N4N=C(C(F)(F)F)SC4=NC3=O)c3ccccc32)c1. The van der Waals surface area contributed by atoms with Gasteiger partial charge in [-0.1, -0.05) is 24.3 Å². The van der Waals surface area contributed by atoms with Gasteiger partial charge in [0.1, 0.15) is 18.1 Å². The number of para-hydroxylation sites is 1. The molecule has 5 rings (SSSR count). The number of aliphatic imine (C=N–C) groups is 1. The Hall–Kier alpha value is -4.06. The highest BCUT2D eigenvalue weighted by Crippen LogP contribution is 2.35. The Kier molecular flexibility index (Phi) is 6.04. The predicted octanol–water partition coefficient (Wildman–Crippen LogP) is 4.91. The van der Waals surface area contributed by atoms with E-state index >= 15 is 0 Å². The number of thioether (sulfide) groups is 1. The lowest BCUT2D eigenvalue weighted by molar-refractivity contribution is -0.114. The molecule has 1 N–H and O–H groups in total. The Morgan fingerprint density at radius 3 is 2.69 bits per heavy atom. The van der Waals surface area contributed by atoms with Crippen molar-refractivity contribution in [2.75, 3.05) is 13.7 Å². The van der Waals surface area contributed by atoms with Crippen molar-refractivity contribution < 1.29 is 27.4 Å². The molecule has 2 aliphatic heterocycles. The molecule has 0 atom stereocenters. The monoisotopic (exact) mass is 513 g/mol. The minimum atomic E-state index is -4.70. The average Bonchev–Trinajstić information content (AvgIpc) is 3.44. The summed E-state index contributed by atoms with van der Waals surface area (Å²) in [6.07, 6.45) is -1.44. The molecule has 0 aliphatic carbocycles. The number of methoxy groups -OCH3 is 1. The van der Waals surface area contributed by atoms with E-state index in [9.17, 15) is 18.0 Å². The first-order valence-electron chi connectivity index (χ1n) is 10.7. The highest BCUT2D eigenvalue weighted by Gasteiger charge is 2.46. The highest BCUT2D eigenvalue weighted by molar-refractivity contribution is 8.27. The zero-order valence-corrected chi connectivity index (χ0v) is 19.6. The van der Waals surface area contributed by atoms with Gasteiger partial charge < -0.3 is 14.0 Å². The van der Waals surface area contributed by atoms with Gasteiger partial charge in [0.25, 0.3) is 5.91 Å². The molecule has 0 spiro atoms. The second-order valence-electron chi connectivity index (χ2n) is 7.75. The van der Waals surface area contributed by atoms with Crippen LogP contribution in [0.25, 0.3) is 17.0 Å². The number of aromatic nitrogens is 1. The molecule has 2 aromatic carbocycles. The minimum absolute atomic E-state index is 0.151. The number of hydrogen-bond donors (Lipinski definition) is 1. The van der Waals surface area contributed by atoms with Crippen molar-refractivity contribution in [2.45, 2.75) is 12.7 Å². The number of ether oxygens (including phenoxy) is 2. The van der Waals surface area contributed by atoms with Crippen LogP contribution in [0.5, 0.6) is 11.5 Å². The molecular weight excluding hydrogens is 495 g/mol. The van der Waals surface area contributed by atoms with Crippen molar-refractivity contribution in [1.29, 1.82) is 5.41 Å². The molecule has 36 heavy (non-hydrogen) atoms. The number of carbonyl (C=O) groups is 1. The van der Waals surface area contributed by atoms with Crippen LogP contribution in [0, 0.1) is 5.41 Å². The zero-order valence-electron chi connectivity index (χ0n) is 18.7. The zero-order chi connectivity index (χ0) is 25.4. The van der Waals surface area contributed by atoms with Crippen LogP contribution in [-0.4, -0.2) is 51.4 Å². The maximum Gasteiger partial charge on any atom is 0.441 e. The first-order chi connectivity index (χ1) is 17.2. The standard InChI is InChI=1S/C24H18F3N5O3S/c1-34-15-5-4-6-16(12-15)35-10-9-31-13-14(17-7-2-3-8-19(17)31)11-18-20(28)32-23(29-21(18)33)36-22(30-32)24(25,26)27/h2-8,11-13,28H,9-10H2,1H3/b18-11-,28-20?. The van der Waals surface area contributed by atoms with Crippen LogP contribution in [0.2, 0.25) is 0 Å². The van der Waals surface area contributed by atoms with Gasteiger partial charge in [0.2, 0.25) is 10.2 Å². The van der Waals surface area contributed by atoms with Crippen molar-refractivity contribution in [2.24, 2.45) is 10.1 Å². The van der Waals surface area contributed by atoms with Gasteiger partial charge in [-0.25, -0.2) is 0 Å². The molecule has 0 radical (unpaired) electrons. The van der Waals surface area contributed by atoms with Gasteiger partial charge in [0.05, 0.1) is 19.2 Å². The fraction of sp³-hybridized carbons (Fsp3) is 0.167. The number of hydrazone groups is 1. The van der Waals surface area contributed by atoms with E-state index in [4.69, 9.17) is 14.9 Å². The molecule has 3 aromatic rings. The number of nitrogens with zero attached hydrogens (tertiary/aromatic N) is 4. The van der Waals surface area contributed by atoms with E-state index in [0.717, 1.165) is 15.9 Å². The van der Waals surface area contributed by atoms with E-state index in [1.165, 1.54) is 6.08 Å². The maximum absolute atomic E-state index is 13.1. The van der Waals surface area contributed by atoms with Gasteiger partial charge in [-0.2, -0.15) is 28.3 Å². The second-order valence-corrected chi connectivity index (χ2v) is 8.70. The molecule has 8 nitrogen and oxygen atoms in total. The van der Waals surface area contributed by atoms with Crippen LogP contribution >= 0.6 is 11.8 Å². The molecule has 1 amide bonds. The Labute approximate surface area is 207 Å². The molecule has 2 aliphatic rings. The fourth-order valence-corrected chi connectivity index (χ4v) is 4.55. The van der Waals surface area contributed by atoms with Gasteiger partial charge >= 0.3 is 6.18 Å². The van der Waals surface area contributed by atoms with Crippen LogP contribution in [0.3, 0.4) is 0 Å². The van der Waals surface area contributed by atoms with Crippen LogP contribution < -0.4 is 9.47 Å². The lowest BCUT2D eigenvalue weighted by atomic mass is 10.1. The summed E-state index contributed by atoms with van der Waals surface area (Å²) in [6.45, 7) is 0.834. The number of carbonyl (C=O) groups excluding carboxylic acids is 1. The minimum Gasteiger partial charge on any atom is -0.497 e. The van der Waals surface area contributed by atoms with Crippen molar-refractivity contribution in [3.63, 3.8) is 0 Å². The molecule has 12 heteroatoms. The van der Waals surface area contributed by atoms with Crippen molar-refractivity contribution >= 4 is 50.7 Å². The molecule has 0 fully saturated rings. The smallest absolute Gasteiger partial charge is 0.441 e. The highest BCUT2D eigenvalue weighted by atomic mass is 32.2. The molecule has 0 unspecified atom stereocenters. The number of amides is 1. The van der Waals surface area contributed by atoms with Gasteiger partial charge in [-0.05, 0) is 36.0 Å². The summed E-state index contributed by atoms with van der Waals surface area (Å²) < 4.78 is 52.2. The quantitative estimate of drug-likeness (QED) is 0.473. The molecule has 1 aromatic heterocycles. The van der Waals surface area contributed by atoms with E-state index in [1.54, 1.807) is 19.4 Å². The number of alkyl halides is 3. The van der Waals surface area contributed by atoms with Crippen molar-refractivity contribution in [1.82, 2.24) is 9.58 Å². The first-order valence-corrected chi connectivity index (χ1v) is 11.5. The third-order valence-corrected chi connectivity index (χ3v) is 6.41. The van der Waals surface area contributed by atoms with E-state index < -0.39 is 23.0 Å². The number of benzene rings is 2. The summed E-state index contributed by atoms with van der Waals surface area (Å²) in [6, 6.07) is 14.7. The van der Waals surface area contributed by atoms with E-state index in [0.29, 0.717) is 30.2 Å². The molecule has 184 valence electrons. The third-order valence-electron chi connectivity index (χ3n) is 5.46. The number of rotatable bonds is 6. The van der Waals surface area contributed by atoms with Crippen LogP contribution in [0.1, 0.15) is 5.56 Å². The fourth-order valence-electron chi connectivity index (χ4n) is 3.79. The van der Waals surface area contributed by atoms with E-state index in [2.05, 4.69) is 10.1 Å². The molecular formula is C24H18F3N5O3S. The number of hydrogen-bond acceptors (Lipinski definition) is 6. The summed E-state index contributed by atoms with van der Waals surface area (Å²) in [5.74, 6) is 0.0807. The van der Waals surface area contributed by atoms with Gasteiger partial charge in [-0.3, -0.25) is 10.2 Å². The van der Waals surface area contributed by atoms with Crippen molar-refractivity contribution in [3.05, 3.63) is 65.9 Å². The lowest BCUT2D eigenvalue weighted by Crippen LogP contribution is -2.35. The Morgan fingerprint density at radius 1 is 1.14 bits per heavy atom. The number of amidine groups is 2. The Morgan fingerprint density at radius 2 is 1.92 bits per heavy atom. The van der Waals surface area contributed by atoms with Gasteiger partial charge in [0.15, 0.2) is 5.84 Å². The number of fused-ring (bicyclic) bond motifs is 2. The Balaban J connectivity index is 1.42. The maximum atomic E-state index is 13.1. The summed E-state index contributed by atoms with van der Waals surface area (Å²) in [5, 5.41) is 11.9. The molecule has 3 heterocycles. The summed E-state index contributed by atoms with van der Waals surface area (Å²) >= 11 is 0.220. The van der Waals surface area contributed by atoms with Crippen LogP contribution in [-0.2, 0) is 11.3 Å². The first kappa shape index (κ1) is 23.7. The molecule has 0 saturated carbocycles. The number of nitrogens with one attached hydrogen (secondary N) is 1. The van der Waals surface area contributed by atoms with E-state index in [1.807, 2.05) is 47.0 Å². The van der Waals surface area contributed by atoms with Crippen LogP contribution in [0.15, 0.2) is 70.4 Å². The third kappa shape index (κ3) is 4.47. The lowest BCUT2D eigenvalue weighted by Gasteiger charge is -2.20. The molecule has 0 saturated heterocycles. The Bertz CT molecular complexity index is 1480. The summed E-state index contributed by atoms with van der Waals surface area (Å²) in [4.78, 5) is 16.4. The van der Waals surface area contributed by atoms with Gasteiger partial charge in [0, 0.05) is 28.7 Å². The second kappa shape index (κ2) is 9.19. The van der Waals surface area contributed by atoms with Gasteiger partial charge in [-0.15, -0.1) is 0 Å². The number of halogens is 3. The molecule has 0 bridgehead atoms. The largest absolute Gasteiger partial charge is 0.497 e. The predicted molar refractivity (Wildman–Crippen MR) is 131 cm³/mol. The van der Waals surface area contributed by atoms with Crippen LogP contribution in [0.4, 0.5) is 13.2 Å². The normalized spacial score (nSPS) is 16.9. The topological polar surface area (TPSA) is 92.3 Å². The summed E-state index contributed by atoms with van der Waals surface area (Å²) in [5.41, 5.74) is 1.33. The summed E-state index contributed by atoms with van der Waals surface area (Å²) in [7, 11) is 1.58. The van der Waals surface area contributed by atoms with Crippen molar-refractivity contribution in [3.8, 4) is 11.5 Å². The van der Waals surface area contributed by atoms with E-state index in [-0.39, 0.29) is 22.5 Å².